The van der Waals surface area contributed by atoms with Crippen molar-refractivity contribution in [2.45, 2.75) is 65.0 Å². The molecule has 7 nitrogen and oxygen atoms in total. The Labute approximate surface area is 175 Å². The second-order valence-corrected chi connectivity index (χ2v) is 8.92. The summed E-state index contributed by atoms with van der Waals surface area (Å²) in [6.45, 7) is 5.83. The maximum atomic E-state index is 12.8. The number of benzene rings is 1. The van der Waals surface area contributed by atoms with Crippen LogP contribution in [0.25, 0.3) is 10.6 Å². The highest BCUT2D eigenvalue weighted by Gasteiger charge is 2.26. The summed E-state index contributed by atoms with van der Waals surface area (Å²) in [5.74, 6) is -0.345. The van der Waals surface area contributed by atoms with Crippen molar-refractivity contribution in [3.63, 3.8) is 0 Å². The number of nitrogens with one attached hydrogen (secondary N) is 3. The largest absolute Gasteiger partial charge is 0.335 e. The predicted molar refractivity (Wildman–Crippen MR) is 116 cm³/mol. The summed E-state index contributed by atoms with van der Waals surface area (Å²) < 4.78 is 0. The van der Waals surface area contributed by atoms with Gasteiger partial charge in [-0.3, -0.25) is 10.1 Å². The number of aryl methyl sites for hydroxylation is 1. The van der Waals surface area contributed by atoms with E-state index in [9.17, 15) is 9.59 Å². The van der Waals surface area contributed by atoms with Crippen molar-refractivity contribution < 1.29 is 9.59 Å². The molecule has 1 aromatic heterocycles. The Morgan fingerprint density at radius 1 is 1.14 bits per heavy atom. The Morgan fingerprint density at radius 3 is 2.59 bits per heavy atom. The molecule has 29 heavy (non-hydrogen) atoms. The van der Waals surface area contributed by atoms with Gasteiger partial charge >= 0.3 is 6.03 Å². The number of rotatable bonds is 6. The molecule has 3 rings (SSSR count). The Bertz CT molecular complexity index is 845. The van der Waals surface area contributed by atoms with Gasteiger partial charge in [0.25, 0.3) is 0 Å². The van der Waals surface area contributed by atoms with E-state index in [0.717, 1.165) is 41.8 Å². The van der Waals surface area contributed by atoms with E-state index in [1.165, 1.54) is 17.8 Å². The number of carbonyl (C=O) groups excluding carboxylic acids is 2. The molecule has 1 aliphatic rings. The maximum Gasteiger partial charge on any atom is 0.315 e. The standard InChI is InChI=1S/C21H29N5O2S/c1-13(2)17(23-20(28)22-16-10-5-4-6-11-16)18(27)24-21-26-25-19(29-21)15-9-7-8-14(3)12-15/h7-9,12-13,16-17H,4-6,10-11H2,1-3H3,(H2,22,23,28)(H,24,26,27). The average Bonchev–Trinajstić information content (AvgIpc) is 3.15. The fourth-order valence-electron chi connectivity index (χ4n) is 3.50. The molecule has 0 saturated heterocycles. The molecule has 0 bridgehead atoms. The van der Waals surface area contributed by atoms with Gasteiger partial charge in [0.2, 0.25) is 11.0 Å². The van der Waals surface area contributed by atoms with Crippen molar-refractivity contribution in [3.8, 4) is 10.6 Å². The molecule has 1 saturated carbocycles. The van der Waals surface area contributed by atoms with Crippen LogP contribution in [0.4, 0.5) is 9.93 Å². The summed E-state index contributed by atoms with van der Waals surface area (Å²) >= 11 is 1.32. The summed E-state index contributed by atoms with van der Waals surface area (Å²) in [6.07, 6.45) is 5.50. The van der Waals surface area contributed by atoms with Crippen molar-refractivity contribution >= 4 is 28.4 Å². The van der Waals surface area contributed by atoms with E-state index in [1.54, 1.807) is 0 Å². The number of anilines is 1. The molecule has 156 valence electrons. The third-order valence-electron chi connectivity index (χ3n) is 5.10. The maximum absolute atomic E-state index is 12.8. The number of amides is 3. The number of urea groups is 1. The quantitative estimate of drug-likeness (QED) is 0.661. The van der Waals surface area contributed by atoms with Crippen LogP contribution in [-0.4, -0.2) is 34.2 Å². The zero-order valence-corrected chi connectivity index (χ0v) is 18.0. The smallest absolute Gasteiger partial charge is 0.315 e. The van der Waals surface area contributed by atoms with Crippen LogP contribution in [0.15, 0.2) is 24.3 Å². The lowest BCUT2D eigenvalue weighted by molar-refractivity contribution is -0.118. The number of hydrogen-bond donors (Lipinski definition) is 3. The first-order valence-corrected chi connectivity index (χ1v) is 11.0. The van der Waals surface area contributed by atoms with Crippen LogP contribution in [0.3, 0.4) is 0 Å². The van der Waals surface area contributed by atoms with Crippen LogP contribution in [0.1, 0.15) is 51.5 Å². The Balaban J connectivity index is 1.60. The Hall–Kier alpha value is -2.48. The second kappa shape index (κ2) is 9.82. The van der Waals surface area contributed by atoms with E-state index < -0.39 is 6.04 Å². The van der Waals surface area contributed by atoms with Crippen LogP contribution < -0.4 is 16.0 Å². The minimum absolute atomic E-state index is 0.0590. The lowest BCUT2D eigenvalue weighted by atomic mass is 9.96. The number of carbonyl (C=O) groups is 2. The lowest BCUT2D eigenvalue weighted by Crippen LogP contribution is -2.52. The highest BCUT2D eigenvalue weighted by atomic mass is 32.1. The minimum atomic E-state index is -0.648. The van der Waals surface area contributed by atoms with Gasteiger partial charge < -0.3 is 10.6 Å². The van der Waals surface area contributed by atoms with Gasteiger partial charge in [0.1, 0.15) is 11.0 Å². The summed E-state index contributed by atoms with van der Waals surface area (Å²) in [5, 5.41) is 18.1. The van der Waals surface area contributed by atoms with Gasteiger partial charge in [-0.25, -0.2) is 4.79 Å². The third-order valence-corrected chi connectivity index (χ3v) is 5.98. The van der Waals surface area contributed by atoms with Crippen LogP contribution in [0.2, 0.25) is 0 Å². The molecule has 1 aromatic carbocycles. The molecule has 0 spiro atoms. The number of hydrogen-bond acceptors (Lipinski definition) is 5. The zero-order valence-electron chi connectivity index (χ0n) is 17.2. The van der Waals surface area contributed by atoms with Crippen molar-refractivity contribution in [1.29, 1.82) is 0 Å². The molecule has 1 unspecified atom stereocenters. The summed E-state index contributed by atoms with van der Waals surface area (Å²) in [6, 6.07) is 7.24. The minimum Gasteiger partial charge on any atom is -0.335 e. The third kappa shape index (κ3) is 6.00. The molecule has 3 amide bonds. The molecule has 0 aliphatic heterocycles. The van der Waals surface area contributed by atoms with Gasteiger partial charge in [0.05, 0.1) is 0 Å². The molecule has 3 N–H and O–H groups in total. The summed E-state index contributed by atoms with van der Waals surface area (Å²) in [5.41, 5.74) is 2.10. The average molecular weight is 416 g/mol. The fraction of sp³-hybridized carbons (Fsp3) is 0.524. The lowest BCUT2D eigenvalue weighted by Gasteiger charge is -2.26. The second-order valence-electron chi connectivity index (χ2n) is 7.95. The van der Waals surface area contributed by atoms with Gasteiger partial charge in [-0.2, -0.15) is 0 Å². The molecule has 1 atom stereocenters. The first-order chi connectivity index (χ1) is 13.9. The molecule has 2 aromatic rings. The molecule has 0 radical (unpaired) electrons. The van der Waals surface area contributed by atoms with Gasteiger partial charge in [-0.15, -0.1) is 10.2 Å². The van der Waals surface area contributed by atoms with E-state index in [-0.39, 0.29) is 23.9 Å². The topological polar surface area (TPSA) is 96.0 Å². The van der Waals surface area contributed by atoms with Gasteiger partial charge in [0.15, 0.2) is 0 Å². The van der Waals surface area contributed by atoms with Crippen molar-refractivity contribution in [1.82, 2.24) is 20.8 Å². The SMILES string of the molecule is Cc1cccc(-c2nnc(NC(=O)C(NC(=O)NC3CCCCC3)C(C)C)s2)c1. The van der Waals surface area contributed by atoms with Gasteiger partial charge in [-0.1, -0.05) is 68.2 Å². The van der Waals surface area contributed by atoms with Crippen LogP contribution in [0.5, 0.6) is 0 Å². The first kappa shape index (κ1) is 21.2. The monoisotopic (exact) mass is 415 g/mol. The summed E-state index contributed by atoms with van der Waals surface area (Å²) in [4.78, 5) is 25.1. The molecular formula is C21H29N5O2S. The molecule has 1 fully saturated rings. The number of nitrogens with zero attached hydrogens (tertiary/aromatic N) is 2. The van der Waals surface area contributed by atoms with Crippen LogP contribution in [0, 0.1) is 12.8 Å². The van der Waals surface area contributed by atoms with E-state index >= 15 is 0 Å². The highest BCUT2D eigenvalue weighted by molar-refractivity contribution is 7.18. The van der Waals surface area contributed by atoms with Crippen LogP contribution in [-0.2, 0) is 4.79 Å². The van der Waals surface area contributed by atoms with Gasteiger partial charge in [-0.05, 0) is 31.7 Å². The molecule has 1 aliphatic carbocycles. The summed E-state index contributed by atoms with van der Waals surface area (Å²) in [7, 11) is 0. The number of aromatic nitrogens is 2. The van der Waals surface area contributed by atoms with Crippen molar-refractivity contribution in [3.05, 3.63) is 29.8 Å². The predicted octanol–water partition coefficient (Wildman–Crippen LogP) is 4.11. The van der Waals surface area contributed by atoms with E-state index in [4.69, 9.17) is 0 Å². The van der Waals surface area contributed by atoms with E-state index in [0.29, 0.717) is 5.13 Å². The van der Waals surface area contributed by atoms with Crippen molar-refractivity contribution in [2.75, 3.05) is 5.32 Å². The molecular weight excluding hydrogens is 386 g/mol. The molecule has 1 heterocycles. The fourth-order valence-corrected chi connectivity index (χ4v) is 4.24. The molecule has 8 heteroatoms. The normalized spacial score (nSPS) is 15.7. The van der Waals surface area contributed by atoms with E-state index in [1.807, 2.05) is 45.0 Å². The zero-order chi connectivity index (χ0) is 20.8. The Morgan fingerprint density at radius 2 is 1.90 bits per heavy atom. The van der Waals surface area contributed by atoms with Gasteiger partial charge in [0, 0.05) is 11.6 Å². The van der Waals surface area contributed by atoms with Crippen LogP contribution >= 0.6 is 11.3 Å². The Kier molecular flexibility index (Phi) is 7.19. The highest BCUT2D eigenvalue weighted by Crippen LogP contribution is 2.27. The van der Waals surface area contributed by atoms with Crippen molar-refractivity contribution in [2.24, 2.45) is 5.92 Å². The van der Waals surface area contributed by atoms with E-state index in [2.05, 4.69) is 26.1 Å². The first-order valence-electron chi connectivity index (χ1n) is 10.2.